The summed E-state index contributed by atoms with van der Waals surface area (Å²) in [4.78, 5) is 12.1. The summed E-state index contributed by atoms with van der Waals surface area (Å²) in [7, 11) is 0. The molecule has 0 aliphatic heterocycles. The van der Waals surface area contributed by atoms with Crippen molar-refractivity contribution in [3.8, 4) is 0 Å². The van der Waals surface area contributed by atoms with Crippen LogP contribution in [-0.4, -0.2) is 23.5 Å². The highest BCUT2D eigenvalue weighted by Gasteiger charge is 2.16. The lowest BCUT2D eigenvalue weighted by Gasteiger charge is -2.15. The summed E-state index contributed by atoms with van der Waals surface area (Å²) in [5, 5.41) is 3.43. The molecule has 1 aromatic rings. The highest BCUT2D eigenvalue weighted by Crippen LogP contribution is 2.28. The summed E-state index contributed by atoms with van der Waals surface area (Å²) in [5.74, 6) is 1.86. The zero-order valence-corrected chi connectivity index (χ0v) is 13.3. The molecule has 0 aromatic heterocycles. The van der Waals surface area contributed by atoms with Crippen LogP contribution in [0.25, 0.3) is 0 Å². The van der Waals surface area contributed by atoms with E-state index in [0.717, 1.165) is 17.9 Å². The van der Waals surface area contributed by atoms with Crippen molar-refractivity contribution in [2.24, 2.45) is 0 Å². The van der Waals surface area contributed by atoms with Crippen molar-refractivity contribution in [2.75, 3.05) is 17.2 Å². The minimum Gasteiger partial charge on any atom is -0.399 e. The lowest BCUT2D eigenvalue weighted by molar-refractivity contribution is 0.0939. The van der Waals surface area contributed by atoms with Crippen LogP contribution in [0.3, 0.4) is 0 Å². The van der Waals surface area contributed by atoms with Gasteiger partial charge in [0.2, 0.25) is 0 Å². The monoisotopic (exact) mass is 320 g/mol. The average molecular weight is 321 g/mol. The van der Waals surface area contributed by atoms with Gasteiger partial charge in [-0.3, -0.25) is 4.79 Å². The lowest BCUT2D eigenvalue weighted by Crippen LogP contribution is -2.33. The highest BCUT2D eigenvalue weighted by atomic mass is 35.5. The summed E-state index contributed by atoms with van der Waals surface area (Å²) in [6.45, 7) is 4.08. The van der Waals surface area contributed by atoms with E-state index in [4.69, 9.17) is 28.9 Å². The number of nitrogens with two attached hydrogens (primary N) is 1. The molecular weight excluding hydrogens is 303 g/mol. The van der Waals surface area contributed by atoms with E-state index in [0.29, 0.717) is 16.3 Å². The van der Waals surface area contributed by atoms with Crippen LogP contribution < -0.4 is 11.1 Å². The number of amides is 1. The quantitative estimate of drug-likeness (QED) is 0.618. The van der Waals surface area contributed by atoms with E-state index in [2.05, 4.69) is 12.2 Å². The molecule has 1 unspecified atom stereocenters. The van der Waals surface area contributed by atoms with Gasteiger partial charge in [-0.25, -0.2) is 0 Å². The molecule has 3 nitrogen and oxygen atoms in total. The Morgan fingerprint density at radius 1 is 1.47 bits per heavy atom. The molecule has 0 radical (unpaired) electrons. The molecule has 0 saturated heterocycles. The van der Waals surface area contributed by atoms with Gasteiger partial charge in [-0.15, -0.1) is 0 Å². The Labute approximate surface area is 128 Å². The van der Waals surface area contributed by atoms with Crippen molar-refractivity contribution >= 4 is 46.6 Å². The Balaban J connectivity index is 2.68. The number of benzene rings is 1. The molecule has 0 aliphatic rings. The molecular formula is C13H18Cl2N2OS. The van der Waals surface area contributed by atoms with Gasteiger partial charge in [0, 0.05) is 11.7 Å². The van der Waals surface area contributed by atoms with Gasteiger partial charge in [-0.2, -0.15) is 11.8 Å². The number of hydrogen-bond acceptors (Lipinski definition) is 3. The molecule has 0 spiro atoms. The normalized spacial score (nSPS) is 12.2. The first kappa shape index (κ1) is 16.5. The molecule has 3 N–H and O–H groups in total. The summed E-state index contributed by atoms with van der Waals surface area (Å²) in [6.07, 6.45) is 0.915. The molecule has 0 fully saturated rings. The largest absolute Gasteiger partial charge is 0.399 e. The van der Waals surface area contributed by atoms with Crippen LogP contribution in [0.1, 0.15) is 30.6 Å². The van der Waals surface area contributed by atoms with Gasteiger partial charge in [0.1, 0.15) is 0 Å². The Morgan fingerprint density at radius 3 is 2.79 bits per heavy atom. The van der Waals surface area contributed by atoms with Crippen LogP contribution in [0.4, 0.5) is 5.69 Å². The van der Waals surface area contributed by atoms with E-state index in [1.165, 1.54) is 12.1 Å². The second kappa shape index (κ2) is 7.88. The molecule has 0 heterocycles. The van der Waals surface area contributed by atoms with E-state index in [1.807, 2.05) is 18.7 Å². The number of nitrogen functional groups attached to an aromatic ring is 1. The third kappa shape index (κ3) is 5.13. The van der Waals surface area contributed by atoms with Gasteiger partial charge < -0.3 is 11.1 Å². The van der Waals surface area contributed by atoms with Crippen molar-refractivity contribution in [1.82, 2.24) is 5.32 Å². The smallest absolute Gasteiger partial charge is 0.253 e. The van der Waals surface area contributed by atoms with E-state index in [9.17, 15) is 4.79 Å². The number of halogens is 2. The van der Waals surface area contributed by atoms with Gasteiger partial charge in [0.25, 0.3) is 5.91 Å². The Hall–Kier alpha value is -0.580. The summed E-state index contributed by atoms with van der Waals surface area (Å²) in [5.41, 5.74) is 6.41. The van der Waals surface area contributed by atoms with Gasteiger partial charge in [0.05, 0.1) is 15.6 Å². The van der Waals surface area contributed by atoms with Crippen LogP contribution >= 0.6 is 35.0 Å². The van der Waals surface area contributed by atoms with Crippen molar-refractivity contribution in [2.45, 2.75) is 26.3 Å². The average Bonchev–Trinajstić information content (AvgIpc) is 2.33. The number of rotatable bonds is 6. The van der Waals surface area contributed by atoms with E-state index >= 15 is 0 Å². The van der Waals surface area contributed by atoms with Gasteiger partial charge in [0.15, 0.2) is 0 Å². The number of anilines is 1. The number of thioether (sulfide) groups is 1. The van der Waals surface area contributed by atoms with E-state index < -0.39 is 0 Å². The summed E-state index contributed by atoms with van der Waals surface area (Å²) >= 11 is 13.8. The molecule has 6 heteroatoms. The third-order valence-electron chi connectivity index (χ3n) is 2.57. The fourth-order valence-corrected chi connectivity index (χ4v) is 2.79. The standard InChI is InChI=1S/C13H18Cl2N2OS/c1-3-19-5-4-8(2)17-13(18)10-6-9(16)7-11(14)12(10)15/h6-8H,3-5,16H2,1-2H3,(H,17,18). The maximum atomic E-state index is 12.1. The van der Waals surface area contributed by atoms with Crippen molar-refractivity contribution in [3.63, 3.8) is 0 Å². The number of carbonyl (C=O) groups is 1. The highest BCUT2D eigenvalue weighted by molar-refractivity contribution is 7.99. The molecule has 0 bridgehead atoms. The van der Waals surface area contributed by atoms with Crippen molar-refractivity contribution in [3.05, 3.63) is 27.7 Å². The van der Waals surface area contributed by atoms with E-state index in [1.54, 1.807) is 0 Å². The first-order chi connectivity index (χ1) is 8.95. The second-order valence-electron chi connectivity index (χ2n) is 4.22. The molecule has 19 heavy (non-hydrogen) atoms. The van der Waals surface area contributed by atoms with Gasteiger partial charge >= 0.3 is 0 Å². The Kier molecular flexibility index (Phi) is 6.83. The van der Waals surface area contributed by atoms with Crippen molar-refractivity contribution in [1.29, 1.82) is 0 Å². The maximum Gasteiger partial charge on any atom is 0.253 e. The second-order valence-corrected chi connectivity index (χ2v) is 6.40. The number of nitrogens with one attached hydrogen (secondary N) is 1. The lowest BCUT2D eigenvalue weighted by atomic mass is 10.1. The first-order valence-corrected chi connectivity index (χ1v) is 7.99. The van der Waals surface area contributed by atoms with Gasteiger partial charge in [-0.1, -0.05) is 30.1 Å². The SMILES string of the molecule is CCSCCC(C)NC(=O)c1cc(N)cc(Cl)c1Cl. The zero-order valence-electron chi connectivity index (χ0n) is 11.0. The fraction of sp³-hybridized carbons (Fsp3) is 0.462. The van der Waals surface area contributed by atoms with Crippen LogP contribution in [0.15, 0.2) is 12.1 Å². The molecule has 0 saturated carbocycles. The summed E-state index contributed by atoms with van der Waals surface area (Å²) < 4.78 is 0. The van der Waals surface area contributed by atoms with Crippen LogP contribution in [0.2, 0.25) is 10.0 Å². The molecule has 1 atom stereocenters. The number of carbonyl (C=O) groups excluding carboxylic acids is 1. The Morgan fingerprint density at radius 2 is 2.16 bits per heavy atom. The first-order valence-electron chi connectivity index (χ1n) is 6.08. The zero-order chi connectivity index (χ0) is 14.4. The van der Waals surface area contributed by atoms with E-state index in [-0.39, 0.29) is 17.0 Å². The fourth-order valence-electron chi connectivity index (χ4n) is 1.55. The third-order valence-corrected chi connectivity index (χ3v) is 4.31. The molecule has 1 amide bonds. The predicted octanol–water partition coefficient (Wildman–Crippen LogP) is 3.84. The predicted molar refractivity (Wildman–Crippen MR) is 85.4 cm³/mol. The molecule has 106 valence electrons. The maximum absolute atomic E-state index is 12.1. The topological polar surface area (TPSA) is 55.1 Å². The minimum absolute atomic E-state index is 0.0859. The minimum atomic E-state index is -0.242. The molecule has 0 aliphatic carbocycles. The van der Waals surface area contributed by atoms with Gasteiger partial charge in [-0.05, 0) is 37.0 Å². The molecule has 1 aromatic carbocycles. The summed E-state index contributed by atoms with van der Waals surface area (Å²) in [6, 6.07) is 3.15. The Bertz CT molecular complexity index is 455. The van der Waals surface area contributed by atoms with Crippen LogP contribution in [0.5, 0.6) is 0 Å². The van der Waals surface area contributed by atoms with Crippen LogP contribution in [0, 0.1) is 0 Å². The number of hydrogen-bond donors (Lipinski definition) is 2. The van der Waals surface area contributed by atoms with Crippen molar-refractivity contribution < 1.29 is 4.79 Å². The molecule has 1 rings (SSSR count). The van der Waals surface area contributed by atoms with Crippen LogP contribution in [-0.2, 0) is 0 Å².